The van der Waals surface area contributed by atoms with E-state index < -0.39 is 0 Å². The van der Waals surface area contributed by atoms with Crippen molar-refractivity contribution in [2.75, 3.05) is 6.54 Å². The van der Waals surface area contributed by atoms with Crippen LogP contribution in [0, 0.1) is 0 Å². The summed E-state index contributed by atoms with van der Waals surface area (Å²) >= 11 is 0. The lowest BCUT2D eigenvalue weighted by molar-refractivity contribution is 0.248. The van der Waals surface area contributed by atoms with Crippen LogP contribution in [0.25, 0.3) is 6.08 Å². The van der Waals surface area contributed by atoms with Crippen molar-refractivity contribution >= 4 is 6.08 Å². The van der Waals surface area contributed by atoms with Crippen LogP contribution in [0.3, 0.4) is 0 Å². The van der Waals surface area contributed by atoms with Gasteiger partial charge in [0.2, 0.25) is 0 Å². The average Bonchev–Trinajstić information content (AvgIpc) is 2.97. The van der Waals surface area contributed by atoms with E-state index in [4.69, 9.17) is 0 Å². The number of benzene rings is 2. The smallest absolute Gasteiger partial charge is 0.118 e. The van der Waals surface area contributed by atoms with Gasteiger partial charge in [0.1, 0.15) is 5.83 Å². The summed E-state index contributed by atoms with van der Waals surface area (Å²) in [6.45, 7) is 1.79. The second-order valence-electron chi connectivity index (χ2n) is 5.55. The Labute approximate surface area is 125 Å². The quantitative estimate of drug-likeness (QED) is 0.787. The zero-order valence-electron chi connectivity index (χ0n) is 12.1. The molecule has 1 saturated heterocycles. The normalized spacial score (nSPS) is 19.9. The van der Waals surface area contributed by atoms with Crippen LogP contribution in [0.2, 0.25) is 0 Å². The monoisotopic (exact) mass is 281 g/mol. The molecule has 1 aliphatic heterocycles. The fourth-order valence-electron chi connectivity index (χ4n) is 2.95. The van der Waals surface area contributed by atoms with E-state index in [1.165, 1.54) is 5.56 Å². The fraction of sp³-hybridized carbons (Fsp3) is 0.263. The van der Waals surface area contributed by atoms with Crippen LogP contribution < -0.4 is 0 Å². The highest BCUT2D eigenvalue weighted by Crippen LogP contribution is 2.27. The van der Waals surface area contributed by atoms with Crippen LogP contribution in [0.4, 0.5) is 4.39 Å². The molecule has 0 radical (unpaired) electrons. The molecule has 21 heavy (non-hydrogen) atoms. The molecular formula is C19H20FN. The van der Waals surface area contributed by atoms with Crippen molar-refractivity contribution in [1.29, 1.82) is 0 Å². The lowest BCUT2D eigenvalue weighted by atomic mass is 10.1. The topological polar surface area (TPSA) is 3.24 Å². The SMILES string of the molecule is F/C(=C\c1ccccc1)C1CCCN1Cc1ccccc1. The summed E-state index contributed by atoms with van der Waals surface area (Å²) in [4.78, 5) is 2.24. The van der Waals surface area contributed by atoms with Gasteiger partial charge in [0.15, 0.2) is 0 Å². The minimum atomic E-state index is -0.0783. The number of hydrogen-bond donors (Lipinski definition) is 0. The molecule has 0 amide bonds. The van der Waals surface area contributed by atoms with E-state index in [0.717, 1.165) is 31.5 Å². The first-order valence-corrected chi connectivity index (χ1v) is 7.53. The van der Waals surface area contributed by atoms with Crippen molar-refractivity contribution < 1.29 is 4.39 Å². The Bertz CT molecular complexity index is 591. The van der Waals surface area contributed by atoms with Crippen molar-refractivity contribution in [1.82, 2.24) is 4.90 Å². The third-order valence-electron chi connectivity index (χ3n) is 4.01. The van der Waals surface area contributed by atoms with Crippen LogP contribution in [-0.2, 0) is 6.54 Å². The molecule has 1 atom stereocenters. The molecule has 0 N–H and O–H groups in total. The number of hydrogen-bond acceptors (Lipinski definition) is 1. The van der Waals surface area contributed by atoms with Crippen molar-refractivity contribution in [3.63, 3.8) is 0 Å². The Kier molecular flexibility index (Phi) is 4.46. The summed E-state index contributed by atoms with van der Waals surface area (Å²) in [5.74, 6) is -0.0189. The molecule has 1 nitrogen and oxygen atoms in total. The van der Waals surface area contributed by atoms with Gasteiger partial charge in [-0.1, -0.05) is 60.7 Å². The molecule has 108 valence electrons. The first-order valence-electron chi connectivity index (χ1n) is 7.53. The zero-order valence-corrected chi connectivity index (χ0v) is 12.1. The van der Waals surface area contributed by atoms with E-state index in [1.807, 2.05) is 48.5 Å². The third-order valence-corrected chi connectivity index (χ3v) is 4.01. The maximum absolute atomic E-state index is 14.6. The lowest BCUT2D eigenvalue weighted by Gasteiger charge is -2.23. The van der Waals surface area contributed by atoms with Gasteiger partial charge in [-0.2, -0.15) is 0 Å². The van der Waals surface area contributed by atoms with E-state index in [9.17, 15) is 4.39 Å². The van der Waals surface area contributed by atoms with Crippen LogP contribution in [-0.4, -0.2) is 17.5 Å². The Morgan fingerprint density at radius 3 is 2.43 bits per heavy atom. The number of halogens is 1. The molecule has 1 aliphatic rings. The molecule has 0 aromatic heterocycles. The minimum absolute atomic E-state index is 0.0189. The molecule has 2 aromatic rings. The van der Waals surface area contributed by atoms with Gasteiger partial charge in [0.05, 0.1) is 6.04 Å². The Morgan fingerprint density at radius 2 is 1.71 bits per heavy atom. The van der Waals surface area contributed by atoms with Gasteiger partial charge < -0.3 is 0 Å². The molecular weight excluding hydrogens is 261 g/mol. The Morgan fingerprint density at radius 1 is 1.05 bits per heavy atom. The average molecular weight is 281 g/mol. The highest BCUT2D eigenvalue weighted by Gasteiger charge is 2.27. The van der Waals surface area contributed by atoms with Gasteiger partial charge in [-0.25, -0.2) is 4.39 Å². The van der Waals surface area contributed by atoms with Crippen molar-refractivity contribution in [3.05, 3.63) is 77.6 Å². The first-order chi connectivity index (χ1) is 10.3. The summed E-state index contributed by atoms with van der Waals surface area (Å²) in [6, 6.07) is 19.9. The van der Waals surface area contributed by atoms with Crippen molar-refractivity contribution in [3.8, 4) is 0 Å². The lowest BCUT2D eigenvalue weighted by Crippen LogP contribution is -2.29. The highest BCUT2D eigenvalue weighted by atomic mass is 19.1. The molecule has 2 heteroatoms. The highest BCUT2D eigenvalue weighted by molar-refractivity contribution is 5.52. The van der Waals surface area contributed by atoms with Gasteiger partial charge in [0, 0.05) is 6.54 Å². The maximum Gasteiger partial charge on any atom is 0.118 e. The molecule has 1 unspecified atom stereocenters. The van der Waals surface area contributed by atoms with E-state index >= 15 is 0 Å². The molecule has 0 bridgehead atoms. The second-order valence-corrected chi connectivity index (χ2v) is 5.55. The number of nitrogens with zero attached hydrogens (tertiary/aromatic N) is 1. The predicted molar refractivity (Wildman–Crippen MR) is 85.4 cm³/mol. The maximum atomic E-state index is 14.6. The fourth-order valence-corrected chi connectivity index (χ4v) is 2.95. The number of rotatable bonds is 4. The predicted octanol–water partition coefficient (Wildman–Crippen LogP) is 4.66. The van der Waals surface area contributed by atoms with E-state index in [-0.39, 0.29) is 11.9 Å². The summed E-state index contributed by atoms with van der Waals surface area (Å²) in [5, 5.41) is 0. The zero-order chi connectivity index (χ0) is 14.5. The Balaban J connectivity index is 1.73. The number of likely N-dealkylation sites (tertiary alicyclic amines) is 1. The molecule has 0 saturated carbocycles. The first kappa shape index (κ1) is 14.0. The van der Waals surface area contributed by atoms with Gasteiger partial charge in [-0.3, -0.25) is 4.90 Å². The van der Waals surface area contributed by atoms with Gasteiger partial charge in [-0.15, -0.1) is 0 Å². The Hall–Kier alpha value is -1.93. The second kappa shape index (κ2) is 6.68. The summed E-state index contributed by atoms with van der Waals surface area (Å²) in [7, 11) is 0. The van der Waals surface area contributed by atoms with Crippen LogP contribution in [0.5, 0.6) is 0 Å². The van der Waals surface area contributed by atoms with Crippen molar-refractivity contribution in [2.45, 2.75) is 25.4 Å². The third kappa shape index (κ3) is 3.59. The van der Waals surface area contributed by atoms with Crippen LogP contribution in [0.15, 0.2) is 66.5 Å². The van der Waals surface area contributed by atoms with E-state index in [1.54, 1.807) is 6.08 Å². The summed E-state index contributed by atoms with van der Waals surface area (Å²) in [5.41, 5.74) is 2.18. The van der Waals surface area contributed by atoms with Gasteiger partial charge in [-0.05, 0) is 36.6 Å². The molecule has 0 aliphatic carbocycles. The van der Waals surface area contributed by atoms with Crippen LogP contribution in [0.1, 0.15) is 24.0 Å². The van der Waals surface area contributed by atoms with Gasteiger partial charge in [0.25, 0.3) is 0 Å². The molecule has 2 aromatic carbocycles. The summed E-state index contributed by atoms with van der Waals surface area (Å²) in [6.07, 6.45) is 3.64. The molecule has 3 rings (SSSR count). The van der Waals surface area contributed by atoms with E-state index in [2.05, 4.69) is 17.0 Å². The molecule has 1 heterocycles. The molecule has 0 spiro atoms. The van der Waals surface area contributed by atoms with Gasteiger partial charge >= 0.3 is 0 Å². The van der Waals surface area contributed by atoms with Crippen LogP contribution >= 0.6 is 0 Å². The minimum Gasteiger partial charge on any atom is -0.290 e. The van der Waals surface area contributed by atoms with E-state index in [0.29, 0.717) is 0 Å². The molecule has 1 fully saturated rings. The van der Waals surface area contributed by atoms with Crippen molar-refractivity contribution in [2.24, 2.45) is 0 Å². The largest absolute Gasteiger partial charge is 0.290 e. The summed E-state index contributed by atoms with van der Waals surface area (Å²) < 4.78 is 14.6. The standard InChI is InChI=1S/C19H20FN/c20-18(14-16-8-3-1-4-9-16)19-12-7-13-21(19)15-17-10-5-2-6-11-17/h1-6,8-11,14,19H,7,12-13,15H2/b18-14-.